The number of hydrogen-bond donors (Lipinski definition) is 0. The Morgan fingerprint density at radius 3 is 2.29 bits per heavy atom. The van der Waals surface area contributed by atoms with E-state index in [4.69, 9.17) is 9.47 Å². The van der Waals surface area contributed by atoms with Crippen LogP contribution < -0.4 is 9.47 Å². The Hall–Kier alpha value is -4.76. The monoisotopic (exact) mass is 548 g/mol. The molecule has 1 heterocycles. The number of carbonyl (C=O) groups is 1. The van der Waals surface area contributed by atoms with Gasteiger partial charge in [-0.3, -0.25) is 4.68 Å². The fourth-order valence-electron chi connectivity index (χ4n) is 4.19. The first-order valence-corrected chi connectivity index (χ1v) is 13.5. The Labute approximate surface area is 242 Å². The third-order valence-corrected chi connectivity index (χ3v) is 6.55. The molecular weight excluding hydrogens is 512 g/mol. The minimum atomic E-state index is -0.424. The standard InChI is InChI=1S/C35H36N2O4/c1-26-24-31(17-18-33(26)41-25-34(38)39-5)40-23-19-32(29-13-15-30(16-14-29)35(2,3)4)28-11-9-27(10-12-28)8-6-21-37-22-7-20-36-37/h7,9-20,22,24H,21,23,25H2,1-5H3. The second-order valence-electron chi connectivity index (χ2n) is 10.6. The third kappa shape index (κ3) is 8.36. The van der Waals surface area contributed by atoms with Gasteiger partial charge in [0.15, 0.2) is 6.61 Å². The molecule has 4 rings (SSSR count). The van der Waals surface area contributed by atoms with E-state index in [1.165, 1.54) is 12.7 Å². The van der Waals surface area contributed by atoms with Crippen LogP contribution in [0.5, 0.6) is 11.5 Å². The van der Waals surface area contributed by atoms with Crippen molar-refractivity contribution < 1.29 is 19.0 Å². The van der Waals surface area contributed by atoms with E-state index in [9.17, 15) is 4.79 Å². The highest BCUT2D eigenvalue weighted by atomic mass is 16.6. The lowest BCUT2D eigenvalue weighted by Gasteiger charge is -2.19. The molecule has 0 N–H and O–H groups in total. The summed E-state index contributed by atoms with van der Waals surface area (Å²) in [5, 5.41) is 4.19. The fourth-order valence-corrected chi connectivity index (χ4v) is 4.19. The first-order valence-electron chi connectivity index (χ1n) is 13.5. The van der Waals surface area contributed by atoms with E-state index in [-0.39, 0.29) is 12.0 Å². The average Bonchev–Trinajstić information content (AvgIpc) is 3.48. The highest BCUT2D eigenvalue weighted by Crippen LogP contribution is 2.29. The van der Waals surface area contributed by atoms with Gasteiger partial charge in [0.05, 0.1) is 7.11 Å². The molecule has 0 amide bonds. The van der Waals surface area contributed by atoms with E-state index in [0.717, 1.165) is 33.6 Å². The first kappa shape index (κ1) is 29.2. The maximum atomic E-state index is 11.4. The van der Waals surface area contributed by atoms with E-state index >= 15 is 0 Å². The Bertz CT molecular complexity index is 1530. The predicted octanol–water partition coefficient (Wildman–Crippen LogP) is 6.60. The second-order valence-corrected chi connectivity index (χ2v) is 10.6. The van der Waals surface area contributed by atoms with Crippen molar-refractivity contribution in [2.45, 2.75) is 39.7 Å². The van der Waals surface area contributed by atoms with Crippen LogP contribution in [0.4, 0.5) is 0 Å². The van der Waals surface area contributed by atoms with Gasteiger partial charge in [-0.25, -0.2) is 4.79 Å². The number of aryl methyl sites for hydroxylation is 1. The second kappa shape index (κ2) is 13.5. The summed E-state index contributed by atoms with van der Waals surface area (Å²) >= 11 is 0. The van der Waals surface area contributed by atoms with Crippen LogP contribution in [-0.4, -0.2) is 36.1 Å². The number of nitrogens with zero attached hydrogens (tertiary/aromatic N) is 2. The van der Waals surface area contributed by atoms with E-state index in [1.54, 1.807) is 16.9 Å². The van der Waals surface area contributed by atoms with E-state index in [0.29, 0.717) is 18.9 Å². The highest BCUT2D eigenvalue weighted by molar-refractivity contribution is 5.80. The summed E-state index contributed by atoms with van der Waals surface area (Å²) in [6.45, 7) is 9.35. The Morgan fingerprint density at radius 1 is 0.976 bits per heavy atom. The molecule has 0 atom stereocenters. The van der Waals surface area contributed by atoms with Crippen molar-refractivity contribution in [3.8, 4) is 23.3 Å². The van der Waals surface area contributed by atoms with Crippen LogP contribution in [0.2, 0.25) is 0 Å². The molecule has 1 aromatic heterocycles. The van der Waals surface area contributed by atoms with E-state index in [1.807, 2.05) is 43.5 Å². The van der Waals surface area contributed by atoms with Gasteiger partial charge in [0.2, 0.25) is 0 Å². The number of ether oxygens (including phenoxy) is 3. The van der Waals surface area contributed by atoms with Crippen LogP contribution in [0.1, 0.15) is 48.6 Å². The molecule has 6 heteroatoms. The minimum Gasteiger partial charge on any atom is -0.489 e. The molecule has 0 aliphatic rings. The lowest BCUT2D eigenvalue weighted by Crippen LogP contribution is -2.13. The molecule has 4 aromatic rings. The molecule has 0 unspecified atom stereocenters. The van der Waals surface area contributed by atoms with Crippen molar-refractivity contribution in [3.63, 3.8) is 0 Å². The highest BCUT2D eigenvalue weighted by Gasteiger charge is 2.14. The summed E-state index contributed by atoms with van der Waals surface area (Å²) in [5.41, 5.74) is 6.45. The van der Waals surface area contributed by atoms with Gasteiger partial charge in [-0.15, -0.1) is 0 Å². The quantitative estimate of drug-likeness (QED) is 0.174. The SMILES string of the molecule is COC(=O)COc1ccc(OCC=C(c2ccc(C#CCn3cccn3)cc2)c2ccc(C(C)(C)C)cc2)cc1C. The number of rotatable bonds is 9. The summed E-state index contributed by atoms with van der Waals surface area (Å²) in [5.74, 6) is 7.29. The van der Waals surface area contributed by atoms with Gasteiger partial charge >= 0.3 is 5.97 Å². The van der Waals surface area contributed by atoms with Crippen LogP contribution in [0.3, 0.4) is 0 Å². The number of methoxy groups -OCH3 is 1. The minimum absolute atomic E-state index is 0.0760. The smallest absolute Gasteiger partial charge is 0.343 e. The van der Waals surface area contributed by atoms with E-state index < -0.39 is 5.97 Å². The molecule has 0 saturated heterocycles. The summed E-state index contributed by atoms with van der Waals surface area (Å²) < 4.78 is 18.1. The van der Waals surface area contributed by atoms with Gasteiger partial charge < -0.3 is 14.2 Å². The summed E-state index contributed by atoms with van der Waals surface area (Å²) in [7, 11) is 1.34. The summed E-state index contributed by atoms with van der Waals surface area (Å²) in [6, 6.07) is 24.4. The van der Waals surface area contributed by atoms with Crippen molar-refractivity contribution >= 4 is 11.5 Å². The normalized spacial score (nSPS) is 11.4. The van der Waals surface area contributed by atoms with Crippen molar-refractivity contribution in [3.05, 3.63) is 119 Å². The van der Waals surface area contributed by atoms with Crippen molar-refractivity contribution in [2.75, 3.05) is 20.3 Å². The number of esters is 1. The Morgan fingerprint density at radius 2 is 1.68 bits per heavy atom. The topological polar surface area (TPSA) is 62.6 Å². The zero-order chi connectivity index (χ0) is 29.2. The largest absolute Gasteiger partial charge is 0.489 e. The molecule has 0 spiro atoms. The summed E-state index contributed by atoms with van der Waals surface area (Å²) in [4.78, 5) is 11.4. The maximum absolute atomic E-state index is 11.4. The van der Waals surface area contributed by atoms with Crippen LogP contribution in [0.25, 0.3) is 5.57 Å². The van der Waals surface area contributed by atoms with Gasteiger partial charge in [0, 0.05) is 18.0 Å². The van der Waals surface area contributed by atoms with Crippen molar-refractivity contribution in [1.29, 1.82) is 0 Å². The van der Waals surface area contributed by atoms with Gasteiger partial charge in [-0.1, -0.05) is 69.0 Å². The van der Waals surface area contributed by atoms with E-state index in [2.05, 4.69) is 84.9 Å². The lowest BCUT2D eigenvalue weighted by atomic mass is 9.85. The molecule has 6 nitrogen and oxygen atoms in total. The molecule has 0 bridgehead atoms. The molecule has 0 aliphatic heterocycles. The van der Waals surface area contributed by atoms with Crippen molar-refractivity contribution in [2.24, 2.45) is 0 Å². The number of aromatic nitrogens is 2. The zero-order valence-electron chi connectivity index (χ0n) is 24.3. The molecule has 0 fully saturated rings. The Kier molecular flexibility index (Phi) is 9.65. The lowest BCUT2D eigenvalue weighted by molar-refractivity contribution is -0.142. The van der Waals surface area contributed by atoms with Gasteiger partial charge in [0.25, 0.3) is 0 Å². The molecular formula is C35H36N2O4. The molecule has 0 radical (unpaired) electrons. The van der Waals surface area contributed by atoms with Crippen LogP contribution in [-0.2, 0) is 21.5 Å². The predicted molar refractivity (Wildman–Crippen MR) is 162 cm³/mol. The maximum Gasteiger partial charge on any atom is 0.343 e. The molecule has 41 heavy (non-hydrogen) atoms. The average molecular weight is 549 g/mol. The number of hydrogen-bond acceptors (Lipinski definition) is 5. The molecule has 3 aromatic carbocycles. The van der Waals surface area contributed by atoms with Gasteiger partial charge in [-0.2, -0.15) is 5.10 Å². The first-order chi connectivity index (χ1) is 19.7. The van der Waals surface area contributed by atoms with Crippen molar-refractivity contribution in [1.82, 2.24) is 9.78 Å². The van der Waals surface area contributed by atoms with Gasteiger partial charge in [-0.05, 0) is 82.6 Å². The Balaban J connectivity index is 1.52. The number of benzene rings is 3. The fraction of sp³-hybridized carbons (Fsp3) is 0.257. The van der Waals surface area contributed by atoms with Crippen LogP contribution >= 0.6 is 0 Å². The molecule has 210 valence electrons. The third-order valence-electron chi connectivity index (χ3n) is 6.55. The number of carbonyl (C=O) groups excluding carboxylic acids is 1. The summed E-state index contributed by atoms with van der Waals surface area (Å²) in [6.07, 6.45) is 5.75. The van der Waals surface area contributed by atoms with Crippen LogP contribution in [0, 0.1) is 18.8 Å². The zero-order valence-corrected chi connectivity index (χ0v) is 24.3. The molecule has 0 saturated carbocycles. The van der Waals surface area contributed by atoms with Gasteiger partial charge in [0.1, 0.15) is 24.7 Å². The molecule has 0 aliphatic carbocycles. The van der Waals surface area contributed by atoms with Crippen LogP contribution in [0.15, 0.2) is 91.3 Å².